The minimum atomic E-state index is -0.276. The molecule has 2 aromatic carbocycles. The second-order valence-corrected chi connectivity index (χ2v) is 6.63. The van der Waals surface area contributed by atoms with Crippen molar-refractivity contribution in [3.63, 3.8) is 0 Å². The van der Waals surface area contributed by atoms with Crippen molar-refractivity contribution in [3.8, 4) is 0 Å². The molecule has 3 aromatic rings. The summed E-state index contributed by atoms with van der Waals surface area (Å²) < 4.78 is 1.39. The van der Waals surface area contributed by atoms with Gasteiger partial charge in [0.15, 0.2) is 0 Å². The molecule has 0 saturated carbocycles. The van der Waals surface area contributed by atoms with Gasteiger partial charge in [0, 0.05) is 0 Å². The topological polar surface area (TPSA) is 46.9 Å². The summed E-state index contributed by atoms with van der Waals surface area (Å²) in [6.07, 6.45) is 3.67. The highest BCUT2D eigenvalue weighted by atomic mass is 35.5. The summed E-state index contributed by atoms with van der Waals surface area (Å²) in [4.78, 5) is 12.5. The maximum atomic E-state index is 12.5. The van der Waals surface area contributed by atoms with Gasteiger partial charge in [0.1, 0.15) is 5.02 Å². The number of rotatable bonds is 4. The van der Waals surface area contributed by atoms with Crippen LogP contribution < -0.4 is 10.9 Å². The van der Waals surface area contributed by atoms with Crippen LogP contribution in [0.15, 0.2) is 65.6 Å². The molecule has 0 aliphatic heterocycles. The number of aryl methyl sites for hydroxylation is 1. The predicted octanol–water partition coefficient (Wildman–Crippen LogP) is 4.04. The molecule has 0 bridgehead atoms. The van der Waals surface area contributed by atoms with Gasteiger partial charge in [0.05, 0.1) is 24.5 Å². The molecule has 5 heteroatoms. The van der Waals surface area contributed by atoms with Crippen molar-refractivity contribution >= 4 is 17.3 Å². The van der Waals surface area contributed by atoms with Gasteiger partial charge in [-0.25, -0.2) is 4.68 Å². The van der Waals surface area contributed by atoms with Crippen LogP contribution >= 0.6 is 11.6 Å². The third kappa shape index (κ3) is 3.17. The first-order valence-electron chi connectivity index (χ1n) is 8.36. The molecule has 1 aliphatic rings. The number of hydrogen-bond donors (Lipinski definition) is 1. The van der Waals surface area contributed by atoms with Gasteiger partial charge < -0.3 is 5.32 Å². The van der Waals surface area contributed by atoms with Crippen LogP contribution in [0.5, 0.6) is 0 Å². The quantitative estimate of drug-likeness (QED) is 0.771. The molecule has 0 saturated heterocycles. The molecule has 1 aromatic heterocycles. The second kappa shape index (κ2) is 6.73. The van der Waals surface area contributed by atoms with Gasteiger partial charge in [-0.05, 0) is 29.5 Å². The third-order valence-electron chi connectivity index (χ3n) is 4.62. The van der Waals surface area contributed by atoms with Gasteiger partial charge in [0.25, 0.3) is 5.56 Å². The average Bonchev–Trinajstić information content (AvgIpc) is 3.05. The number of fused-ring (bicyclic) bond motifs is 1. The van der Waals surface area contributed by atoms with Gasteiger partial charge in [-0.3, -0.25) is 4.79 Å². The Morgan fingerprint density at radius 1 is 1.12 bits per heavy atom. The Labute approximate surface area is 151 Å². The molecule has 1 N–H and O–H groups in total. The van der Waals surface area contributed by atoms with Crippen molar-refractivity contribution in [2.75, 3.05) is 5.32 Å². The Morgan fingerprint density at radius 2 is 1.88 bits per heavy atom. The van der Waals surface area contributed by atoms with E-state index in [0.29, 0.717) is 12.2 Å². The van der Waals surface area contributed by atoms with Crippen molar-refractivity contribution in [1.29, 1.82) is 0 Å². The van der Waals surface area contributed by atoms with Gasteiger partial charge >= 0.3 is 0 Å². The molecule has 0 unspecified atom stereocenters. The number of anilines is 1. The number of benzene rings is 2. The fraction of sp³-hybridized carbons (Fsp3) is 0.200. The van der Waals surface area contributed by atoms with Crippen LogP contribution in [-0.2, 0) is 13.0 Å². The fourth-order valence-corrected chi connectivity index (χ4v) is 3.53. The first-order valence-corrected chi connectivity index (χ1v) is 8.74. The number of hydrogen-bond acceptors (Lipinski definition) is 3. The summed E-state index contributed by atoms with van der Waals surface area (Å²) in [5, 5.41) is 7.87. The van der Waals surface area contributed by atoms with Crippen LogP contribution in [0.3, 0.4) is 0 Å². The first-order chi connectivity index (χ1) is 12.2. The number of aromatic nitrogens is 2. The molecule has 4 rings (SSSR count). The molecule has 0 fully saturated rings. The first kappa shape index (κ1) is 15.9. The molecule has 1 atom stereocenters. The smallest absolute Gasteiger partial charge is 0.287 e. The van der Waals surface area contributed by atoms with Gasteiger partial charge in [-0.2, -0.15) is 5.10 Å². The van der Waals surface area contributed by atoms with Crippen LogP contribution in [0.2, 0.25) is 5.02 Å². The normalized spacial score (nSPS) is 15.8. The zero-order valence-electron chi connectivity index (χ0n) is 13.7. The molecule has 1 heterocycles. The van der Waals surface area contributed by atoms with E-state index in [1.54, 1.807) is 6.20 Å². The summed E-state index contributed by atoms with van der Waals surface area (Å²) in [7, 11) is 0. The standard InChI is InChI=1S/C20H18ClN3O/c21-19-18(23-17-11-10-15-8-4-5-9-16(15)17)12-22-24(20(19)25)13-14-6-2-1-3-7-14/h1-9,12,17,23H,10-11,13H2/t17-/m1/s1. The zero-order valence-corrected chi connectivity index (χ0v) is 14.4. The van der Waals surface area contributed by atoms with E-state index in [4.69, 9.17) is 11.6 Å². The van der Waals surface area contributed by atoms with E-state index < -0.39 is 0 Å². The van der Waals surface area contributed by atoms with E-state index >= 15 is 0 Å². The van der Waals surface area contributed by atoms with E-state index in [1.165, 1.54) is 15.8 Å². The highest BCUT2D eigenvalue weighted by molar-refractivity contribution is 6.32. The minimum absolute atomic E-state index is 0.167. The Morgan fingerprint density at radius 3 is 2.72 bits per heavy atom. The van der Waals surface area contributed by atoms with E-state index in [0.717, 1.165) is 18.4 Å². The molecule has 1 aliphatic carbocycles. The van der Waals surface area contributed by atoms with E-state index in [-0.39, 0.29) is 16.6 Å². The highest BCUT2D eigenvalue weighted by Crippen LogP contribution is 2.34. The fourth-order valence-electron chi connectivity index (χ4n) is 3.33. The van der Waals surface area contributed by atoms with Crippen LogP contribution in [0.1, 0.15) is 29.2 Å². The Hall–Kier alpha value is -2.59. The van der Waals surface area contributed by atoms with Crippen molar-refractivity contribution in [2.45, 2.75) is 25.4 Å². The van der Waals surface area contributed by atoms with Gasteiger partial charge in [-0.1, -0.05) is 66.2 Å². The van der Waals surface area contributed by atoms with Crippen molar-refractivity contribution in [3.05, 3.63) is 92.9 Å². The second-order valence-electron chi connectivity index (χ2n) is 6.26. The lowest BCUT2D eigenvalue weighted by Gasteiger charge is -2.17. The summed E-state index contributed by atoms with van der Waals surface area (Å²) in [6, 6.07) is 18.3. The van der Waals surface area contributed by atoms with Crippen molar-refractivity contribution < 1.29 is 0 Å². The van der Waals surface area contributed by atoms with E-state index in [9.17, 15) is 4.79 Å². The third-order valence-corrected chi connectivity index (χ3v) is 4.99. The van der Waals surface area contributed by atoms with Crippen LogP contribution in [0.25, 0.3) is 0 Å². The number of halogens is 1. The highest BCUT2D eigenvalue weighted by Gasteiger charge is 2.23. The Balaban J connectivity index is 1.58. The number of nitrogens with one attached hydrogen (secondary N) is 1. The molecule has 4 nitrogen and oxygen atoms in total. The largest absolute Gasteiger partial charge is 0.376 e. The number of nitrogens with zero attached hydrogens (tertiary/aromatic N) is 2. The van der Waals surface area contributed by atoms with E-state index in [1.807, 2.05) is 36.4 Å². The lowest BCUT2D eigenvalue weighted by Crippen LogP contribution is -2.25. The average molecular weight is 352 g/mol. The Bertz CT molecular complexity index is 953. The minimum Gasteiger partial charge on any atom is -0.376 e. The van der Waals surface area contributed by atoms with Crippen LogP contribution in [0, 0.1) is 0 Å². The van der Waals surface area contributed by atoms with Crippen LogP contribution in [0.4, 0.5) is 5.69 Å². The SMILES string of the molecule is O=c1c(Cl)c(N[C@@H]2CCc3ccccc32)cnn1Cc1ccccc1. The van der Waals surface area contributed by atoms with Crippen molar-refractivity contribution in [2.24, 2.45) is 0 Å². The molecule has 0 radical (unpaired) electrons. The molecule has 126 valence electrons. The summed E-state index contributed by atoms with van der Waals surface area (Å²) >= 11 is 6.33. The summed E-state index contributed by atoms with van der Waals surface area (Å²) in [5.74, 6) is 0. The maximum absolute atomic E-state index is 12.5. The molecule has 0 spiro atoms. The zero-order chi connectivity index (χ0) is 17.2. The van der Waals surface area contributed by atoms with Crippen LogP contribution in [-0.4, -0.2) is 9.78 Å². The van der Waals surface area contributed by atoms with Gasteiger partial charge in [-0.15, -0.1) is 0 Å². The Kier molecular flexibility index (Phi) is 4.28. The lowest BCUT2D eigenvalue weighted by atomic mass is 10.1. The maximum Gasteiger partial charge on any atom is 0.287 e. The predicted molar refractivity (Wildman–Crippen MR) is 100 cm³/mol. The molecular weight excluding hydrogens is 334 g/mol. The molecule has 25 heavy (non-hydrogen) atoms. The van der Waals surface area contributed by atoms with Gasteiger partial charge in [0.2, 0.25) is 0 Å². The summed E-state index contributed by atoms with van der Waals surface area (Å²) in [6.45, 7) is 0.409. The lowest BCUT2D eigenvalue weighted by molar-refractivity contribution is 0.638. The summed E-state index contributed by atoms with van der Waals surface area (Å²) in [5.41, 5.74) is 3.95. The monoisotopic (exact) mass is 351 g/mol. The van der Waals surface area contributed by atoms with E-state index in [2.05, 4.69) is 28.6 Å². The van der Waals surface area contributed by atoms with Crippen molar-refractivity contribution in [1.82, 2.24) is 9.78 Å². The molecule has 0 amide bonds. The molecular formula is C20H18ClN3O.